The molecule has 12 heteroatoms. The lowest BCUT2D eigenvalue weighted by Gasteiger charge is -2.45. The largest absolute Gasteiger partial charge is 0.491 e. The van der Waals surface area contributed by atoms with Crippen molar-refractivity contribution in [3.63, 3.8) is 0 Å². The van der Waals surface area contributed by atoms with Gasteiger partial charge in [0.1, 0.15) is 15.7 Å². The molecule has 0 aromatic heterocycles. The predicted octanol–water partition coefficient (Wildman–Crippen LogP) is 6.65. The first-order chi connectivity index (χ1) is 23.6. The van der Waals surface area contributed by atoms with Crippen LogP contribution in [0.2, 0.25) is 5.02 Å². The Morgan fingerprint density at radius 3 is 2.63 bits per heavy atom. The maximum atomic E-state index is 14.5. The van der Waals surface area contributed by atoms with E-state index in [1.54, 1.807) is 25.2 Å². The van der Waals surface area contributed by atoms with Crippen molar-refractivity contribution in [1.82, 2.24) is 9.62 Å². The van der Waals surface area contributed by atoms with Crippen LogP contribution in [0.3, 0.4) is 0 Å². The van der Waals surface area contributed by atoms with Crippen LogP contribution in [0.15, 0.2) is 52.9 Å². The summed E-state index contributed by atoms with van der Waals surface area (Å²) in [6, 6.07) is 10.7. The molecule has 4 aliphatic rings. The summed E-state index contributed by atoms with van der Waals surface area (Å²) in [6.45, 7) is 6.10. The molecule has 49 heavy (non-hydrogen) atoms. The zero-order valence-electron chi connectivity index (χ0n) is 28.9. The molecule has 1 saturated carbocycles. The molecule has 1 unspecified atom stereocenters. The number of carbonyl (C=O) groups excluding carboxylic acids is 2. The van der Waals surface area contributed by atoms with Crippen LogP contribution in [-0.2, 0) is 32.4 Å². The first-order valence-electron chi connectivity index (χ1n) is 17.5. The van der Waals surface area contributed by atoms with E-state index in [9.17, 15) is 13.8 Å². The van der Waals surface area contributed by atoms with Gasteiger partial charge < -0.3 is 24.0 Å². The van der Waals surface area contributed by atoms with Gasteiger partial charge in [0, 0.05) is 37.9 Å². The van der Waals surface area contributed by atoms with Gasteiger partial charge in [-0.1, -0.05) is 36.7 Å². The first kappa shape index (κ1) is 35.7. The number of methoxy groups -OCH3 is 2. The second-order valence-electron chi connectivity index (χ2n) is 14.0. The van der Waals surface area contributed by atoms with Crippen LogP contribution in [0, 0.1) is 17.8 Å². The minimum Gasteiger partial charge on any atom is -0.491 e. The van der Waals surface area contributed by atoms with E-state index in [4.69, 9.17) is 25.8 Å². The van der Waals surface area contributed by atoms with E-state index in [-0.39, 0.29) is 35.5 Å². The number of nitrogens with zero attached hydrogens (tertiary/aromatic N) is 3. The number of anilines is 1. The van der Waals surface area contributed by atoms with E-state index in [2.05, 4.69) is 38.3 Å². The molecule has 7 atom stereocenters. The lowest BCUT2D eigenvalue weighted by Crippen LogP contribution is -2.64. The Balaban J connectivity index is 1.42. The van der Waals surface area contributed by atoms with Crippen LogP contribution in [-0.4, -0.2) is 79.0 Å². The molecule has 2 fully saturated rings. The number of likely N-dealkylation sites (tertiary alicyclic amines) is 1. The molecule has 6 rings (SSSR count). The highest BCUT2D eigenvalue weighted by Gasteiger charge is 2.40. The molecule has 2 aromatic carbocycles. The Kier molecular flexibility index (Phi) is 11.2. The van der Waals surface area contributed by atoms with E-state index in [1.165, 1.54) is 11.1 Å². The number of fused-ring (bicyclic) bond motifs is 3. The number of amides is 3. The third kappa shape index (κ3) is 8.11. The predicted molar refractivity (Wildman–Crippen MR) is 193 cm³/mol. The number of hydrogen-bond acceptors (Lipinski definition) is 7. The Bertz CT molecular complexity index is 1690. The number of hydrogen-bond donors (Lipinski definition) is 1. The molecular formula is C37H49ClN4O6S. The first-order valence-corrected chi connectivity index (χ1v) is 19.5. The van der Waals surface area contributed by atoms with E-state index >= 15 is 0 Å². The normalized spacial score (nSPS) is 31.3. The van der Waals surface area contributed by atoms with E-state index in [0.29, 0.717) is 48.7 Å². The van der Waals surface area contributed by atoms with Gasteiger partial charge in [-0.2, -0.15) is 0 Å². The number of aryl methyl sites for hydroxylation is 1. The standard InChI is InChI=1S/C37H49ClN4O6S/c1-24-8-7-10-33(46-3)31-15-12-29(31)21-41-20-28-11-14-30(38)18-26(28)9-5-6-17-48-34-16-13-27(19-32(34)41)36(43)39-49(45,23-24)40-37(44)42-22-35(47-4)25(42)2/h7,10-11,13-14,16,18-19,24-25,29,31,33,35H,5-6,8-9,12,15,17,20-23H2,1-4H3,(H,39,40,43,44,45)/b10-7+/t24-,25+,29-,31+,33-,35-,49?/m0/s1. The molecule has 3 heterocycles. The van der Waals surface area contributed by atoms with Gasteiger partial charge in [0.15, 0.2) is 0 Å². The second-order valence-corrected chi connectivity index (χ2v) is 16.5. The number of halogens is 1. The lowest BCUT2D eigenvalue weighted by molar-refractivity contribution is -0.0508. The van der Waals surface area contributed by atoms with Crippen molar-refractivity contribution >= 4 is 39.1 Å². The minimum atomic E-state index is -3.50. The number of nitrogens with one attached hydrogen (secondary N) is 1. The summed E-state index contributed by atoms with van der Waals surface area (Å²) >= 11 is 6.46. The van der Waals surface area contributed by atoms with Crippen molar-refractivity contribution in [2.24, 2.45) is 22.1 Å². The van der Waals surface area contributed by atoms with Gasteiger partial charge in [-0.25, -0.2) is 9.00 Å². The topological polar surface area (TPSA) is 110 Å². The molecule has 2 bridgehead atoms. The fraction of sp³-hybridized carbons (Fsp3) is 0.568. The molecule has 2 aromatic rings. The van der Waals surface area contributed by atoms with Crippen molar-refractivity contribution in [1.29, 1.82) is 0 Å². The molecule has 10 nitrogen and oxygen atoms in total. The van der Waals surface area contributed by atoms with Gasteiger partial charge in [0.25, 0.3) is 5.91 Å². The fourth-order valence-electron chi connectivity index (χ4n) is 7.48. The van der Waals surface area contributed by atoms with Crippen LogP contribution >= 0.6 is 11.6 Å². The summed E-state index contributed by atoms with van der Waals surface area (Å²) in [7, 11) is -0.134. The number of urea groups is 1. The molecule has 0 radical (unpaired) electrons. The van der Waals surface area contributed by atoms with Crippen LogP contribution in [0.25, 0.3) is 0 Å². The number of allylic oxidation sites excluding steroid dienone is 1. The summed E-state index contributed by atoms with van der Waals surface area (Å²) in [5.74, 6) is 0.637. The van der Waals surface area contributed by atoms with Gasteiger partial charge in [-0.05, 0) is 105 Å². The van der Waals surface area contributed by atoms with Crippen molar-refractivity contribution in [2.75, 3.05) is 44.6 Å². The van der Waals surface area contributed by atoms with Crippen molar-refractivity contribution in [3.05, 3.63) is 70.3 Å². The van der Waals surface area contributed by atoms with E-state index in [0.717, 1.165) is 44.3 Å². The average molecular weight is 713 g/mol. The van der Waals surface area contributed by atoms with Gasteiger partial charge >= 0.3 is 6.03 Å². The Morgan fingerprint density at radius 1 is 1.06 bits per heavy atom. The summed E-state index contributed by atoms with van der Waals surface area (Å²) in [5.41, 5.74) is 3.47. The molecule has 266 valence electrons. The van der Waals surface area contributed by atoms with E-state index in [1.807, 2.05) is 32.0 Å². The minimum absolute atomic E-state index is 0.0218. The molecule has 3 amide bonds. The van der Waals surface area contributed by atoms with Crippen molar-refractivity contribution in [2.45, 2.75) is 77.2 Å². The van der Waals surface area contributed by atoms with Gasteiger partial charge in [0.05, 0.1) is 42.8 Å². The molecule has 1 aliphatic carbocycles. The zero-order valence-corrected chi connectivity index (χ0v) is 30.5. The molecule has 1 saturated heterocycles. The molecule has 3 aliphatic heterocycles. The Morgan fingerprint density at radius 2 is 1.90 bits per heavy atom. The molecule has 1 N–H and O–H groups in total. The number of ether oxygens (including phenoxy) is 3. The number of rotatable bonds is 3. The Hall–Kier alpha value is -3.12. The quantitative estimate of drug-likeness (QED) is 0.355. The highest BCUT2D eigenvalue weighted by atomic mass is 35.5. The fourth-order valence-corrected chi connectivity index (χ4v) is 9.55. The second kappa shape index (κ2) is 15.4. The highest BCUT2D eigenvalue weighted by Crippen LogP contribution is 2.42. The SMILES string of the molecule is CO[C@H]1/C=C/C[C@H](C)CS(=O)(NC(=O)N2C[C@H](OC)[C@H]2C)=NC(=O)c2ccc3c(c2)N(Cc2ccc(Cl)cc2CCCCO3)C[C@@H]2CC[C@H]21. The van der Waals surface area contributed by atoms with Crippen molar-refractivity contribution in [3.8, 4) is 5.75 Å². The van der Waals surface area contributed by atoms with Gasteiger partial charge in [0.2, 0.25) is 0 Å². The van der Waals surface area contributed by atoms with Gasteiger partial charge in [-0.15, -0.1) is 4.36 Å². The van der Waals surface area contributed by atoms with Crippen LogP contribution in [0.5, 0.6) is 5.75 Å². The lowest BCUT2D eigenvalue weighted by atomic mass is 9.70. The maximum absolute atomic E-state index is 14.5. The third-order valence-corrected chi connectivity index (χ3v) is 12.8. The molecular weight excluding hydrogens is 664 g/mol. The van der Waals surface area contributed by atoms with Crippen LogP contribution in [0.4, 0.5) is 10.5 Å². The van der Waals surface area contributed by atoms with E-state index < -0.39 is 21.9 Å². The molecule has 0 spiro atoms. The smallest absolute Gasteiger partial charge is 0.330 e. The average Bonchev–Trinajstić information content (AvgIpc) is 3.07. The summed E-state index contributed by atoms with van der Waals surface area (Å²) in [5, 5.41) is 0.716. The summed E-state index contributed by atoms with van der Waals surface area (Å²) in [6.07, 6.45) is 9.50. The number of carbonyl (C=O) groups is 2. The summed E-state index contributed by atoms with van der Waals surface area (Å²) < 4.78 is 39.2. The summed E-state index contributed by atoms with van der Waals surface area (Å²) in [4.78, 5) is 31.2. The zero-order chi connectivity index (χ0) is 34.7. The van der Waals surface area contributed by atoms with Crippen LogP contribution < -0.4 is 14.4 Å². The van der Waals surface area contributed by atoms with Crippen LogP contribution in [0.1, 0.15) is 67.4 Å². The number of benzene rings is 2. The maximum Gasteiger partial charge on any atom is 0.330 e. The van der Waals surface area contributed by atoms with Gasteiger partial charge in [-0.3, -0.25) is 9.52 Å². The highest BCUT2D eigenvalue weighted by molar-refractivity contribution is 7.92. The Labute approximate surface area is 295 Å². The third-order valence-electron chi connectivity index (χ3n) is 10.6. The monoisotopic (exact) mass is 712 g/mol. The van der Waals surface area contributed by atoms with Crippen molar-refractivity contribution < 1.29 is 28.0 Å².